The molecule has 0 aliphatic rings. The Kier molecular flexibility index (Phi) is 3.80. The van der Waals surface area contributed by atoms with E-state index in [0.29, 0.717) is 12.2 Å². The van der Waals surface area contributed by atoms with Crippen LogP contribution in [0.1, 0.15) is 11.1 Å². The minimum atomic E-state index is 0.230. The number of benzene rings is 2. The third-order valence-electron chi connectivity index (χ3n) is 2.93. The Labute approximate surface area is 112 Å². The van der Waals surface area contributed by atoms with Crippen molar-refractivity contribution in [1.82, 2.24) is 0 Å². The van der Waals surface area contributed by atoms with Crippen molar-refractivity contribution in [1.29, 1.82) is 0 Å². The molecule has 2 rings (SSSR count). The van der Waals surface area contributed by atoms with Gasteiger partial charge in [0.05, 0.1) is 12.8 Å². The number of hydrogen-bond acceptors (Lipinski definition) is 4. The predicted octanol–water partition coefficient (Wildman–Crippen LogP) is 2.90. The Morgan fingerprint density at radius 1 is 1.21 bits per heavy atom. The molecule has 19 heavy (non-hydrogen) atoms. The number of phenolic OH excluding ortho intramolecular Hbond substituents is 1. The van der Waals surface area contributed by atoms with Gasteiger partial charge in [0.25, 0.3) is 0 Å². The molecule has 0 aliphatic carbocycles. The van der Waals surface area contributed by atoms with Crippen LogP contribution in [0.5, 0.6) is 11.5 Å². The van der Waals surface area contributed by atoms with Crippen LogP contribution in [0.15, 0.2) is 36.4 Å². The molecule has 0 fully saturated rings. The third-order valence-corrected chi connectivity index (χ3v) is 2.93. The fourth-order valence-corrected chi connectivity index (χ4v) is 1.90. The summed E-state index contributed by atoms with van der Waals surface area (Å²) >= 11 is 0. The highest BCUT2D eigenvalue weighted by atomic mass is 16.5. The van der Waals surface area contributed by atoms with Crippen molar-refractivity contribution in [3.63, 3.8) is 0 Å². The molecule has 0 saturated heterocycles. The monoisotopic (exact) mass is 258 g/mol. The van der Waals surface area contributed by atoms with Gasteiger partial charge in [-0.2, -0.15) is 0 Å². The summed E-state index contributed by atoms with van der Waals surface area (Å²) in [6.07, 6.45) is 0. The maximum absolute atomic E-state index is 9.77. The van der Waals surface area contributed by atoms with Crippen LogP contribution >= 0.6 is 0 Å². The van der Waals surface area contributed by atoms with E-state index >= 15 is 0 Å². The van der Waals surface area contributed by atoms with Gasteiger partial charge >= 0.3 is 0 Å². The van der Waals surface area contributed by atoms with Crippen molar-refractivity contribution in [2.24, 2.45) is 0 Å². The molecule has 0 unspecified atom stereocenters. The van der Waals surface area contributed by atoms with E-state index in [0.717, 1.165) is 22.6 Å². The lowest BCUT2D eigenvalue weighted by Gasteiger charge is -2.13. The second kappa shape index (κ2) is 5.52. The SMILES string of the molecule is COc1ccc(C)cc1NCc1cc(N)ccc1O. The quantitative estimate of drug-likeness (QED) is 0.582. The summed E-state index contributed by atoms with van der Waals surface area (Å²) < 4.78 is 5.29. The van der Waals surface area contributed by atoms with Gasteiger partial charge in [0, 0.05) is 17.8 Å². The minimum Gasteiger partial charge on any atom is -0.508 e. The van der Waals surface area contributed by atoms with Crippen LogP contribution in [0.4, 0.5) is 11.4 Å². The van der Waals surface area contributed by atoms with Crippen molar-refractivity contribution >= 4 is 11.4 Å². The van der Waals surface area contributed by atoms with Gasteiger partial charge in [0.15, 0.2) is 0 Å². The highest BCUT2D eigenvalue weighted by Crippen LogP contribution is 2.27. The summed E-state index contributed by atoms with van der Waals surface area (Å²) in [5.41, 5.74) is 9.13. The number of rotatable bonds is 4. The fourth-order valence-electron chi connectivity index (χ4n) is 1.90. The predicted molar refractivity (Wildman–Crippen MR) is 77.6 cm³/mol. The number of nitrogen functional groups attached to an aromatic ring is 1. The van der Waals surface area contributed by atoms with Crippen molar-refractivity contribution in [3.05, 3.63) is 47.5 Å². The van der Waals surface area contributed by atoms with Gasteiger partial charge in [-0.1, -0.05) is 6.07 Å². The van der Waals surface area contributed by atoms with Crippen molar-refractivity contribution in [2.45, 2.75) is 13.5 Å². The molecule has 2 aromatic rings. The van der Waals surface area contributed by atoms with E-state index in [4.69, 9.17) is 10.5 Å². The highest BCUT2D eigenvalue weighted by molar-refractivity contribution is 5.59. The van der Waals surface area contributed by atoms with Crippen molar-refractivity contribution in [2.75, 3.05) is 18.2 Å². The standard InChI is InChI=1S/C15H18N2O2/c1-10-3-6-15(19-2)13(7-10)17-9-11-8-12(16)4-5-14(11)18/h3-8,17-18H,9,16H2,1-2H3. The normalized spacial score (nSPS) is 10.2. The van der Waals surface area contributed by atoms with Crippen molar-refractivity contribution in [3.8, 4) is 11.5 Å². The number of aryl methyl sites for hydroxylation is 1. The van der Waals surface area contributed by atoms with Crippen LogP contribution < -0.4 is 15.8 Å². The molecule has 0 spiro atoms. The number of methoxy groups -OCH3 is 1. The van der Waals surface area contributed by atoms with Gasteiger partial charge in [0.1, 0.15) is 11.5 Å². The Bertz CT molecular complexity index is 582. The molecule has 0 radical (unpaired) electrons. The topological polar surface area (TPSA) is 67.5 Å². The molecule has 4 N–H and O–H groups in total. The maximum atomic E-state index is 9.77. The molecule has 0 amide bonds. The van der Waals surface area contributed by atoms with Crippen LogP contribution in [0.3, 0.4) is 0 Å². The Hall–Kier alpha value is -2.36. The number of nitrogens with one attached hydrogen (secondary N) is 1. The Morgan fingerprint density at radius 3 is 2.74 bits per heavy atom. The number of nitrogens with two attached hydrogens (primary N) is 1. The molecule has 100 valence electrons. The lowest BCUT2D eigenvalue weighted by Crippen LogP contribution is -2.02. The van der Waals surface area contributed by atoms with Gasteiger partial charge in [-0.15, -0.1) is 0 Å². The van der Waals surface area contributed by atoms with E-state index in [1.165, 1.54) is 0 Å². The first-order valence-corrected chi connectivity index (χ1v) is 6.06. The Balaban J connectivity index is 2.18. The van der Waals surface area contributed by atoms with Gasteiger partial charge in [0.2, 0.25) is 0 Å². The summed E-state index contributed by atoms with van der Waals surface area (Å²) in [6.45, 7) is 2.50. The van der Waals surface area contributed by atoms with E-state index in [-0.39, 0.29) is 5.75 Å². The lowest BCUT2D eigenvalue weighted by atomic mass is 10.1. The van der Waals surface area contributed by atoms with Crippen molar-refractivity contribution < 1.29 is 9.84 Å². The van der Waals surface area contributed by atoms with Crippen LogP contribution in [0, 0.1) is 6.92 Å². The van der Waals surface area contributed by atoms with E-state index in [1.807, 2.05) is 25.1 Å². The van der Waals surface area contributed by atoms with Crippen LogP contribution in [-0.4, -0.2) is 12.2 Å². The number of ether oxygens (including phenoxy) is 1. The molecule has 0 heterocycles. The third kappa shape index (κ3) is 3.10. The molecule has 0 aromatic heterocycles. The van der Waals surface area contributed by atoms with E-state index < -0.39 is 0 Å². The van der Waals surface area contributed by atoms with Gasteiger partial charge in [-0.05, 0) is 42.8 Å². The first kappa shape index (κ1) is 13.1. The summed E-state index contributed by atoms with van der Waals surface area (Å²) in [7, 11) is 1.63. The second-order valence-corrected chi connectivity index (χ2v) is 4.45. The molecule has 0 bridgehead atoms. The zero-order valence-electron chi connectivity index (χ0n) is 11.1. The minimum absolute atomic E-state index is 0.230. The molecular formula is C15H18N2O2. The average Bonchev–Trinajstić information content (AvgIpc) is 2.40. The van der Waals surface area contributed by atoms with E-state index in [9.17, 15) is 5.11 Å². The molecule has 4 heteroatoms. The number of phenols is 1. The van der Waals surface area contributed by atoms with Crippen LogP contribution in [0.2, 0.25) is 0 Å². The molecule has 2 aromatic carbocycles. The maximum Gasteiger partial charge on any atom is 0.141 e. The molecule has 0 atom stereocenters. The zero-order valence-corrected chi connectivity index (χ0v) is 11.1. The number of anilines is 2. The second-order valence-electron chi connectivity index (χ2n) is 4.45. The summed E-state index contributed by atoms with van der Waals surface area (Å²) in [6, 6.07) is 10.9. The summed E-state index contributed by atoms with van der Waals surface area (Å²) in [5.74, 6) is 1.00. The van der Waals surface area contributed by atoms with Gasteiger partial charge in [-0.3, -0.25) is 0 Å². The zero-order chi connectivity index (χ0) is 13.8. The molecular weight excluding hydrogens is 240 g/mol. The largest absolute Gasteiger partial charge is 0.508 e. The number of aromatic hydroxyl groups is 1. The Morgan fingerprint density at radius 2 is 2.00 bits per heavy atom. The van der Waals surface area contributed by atoms with Gasteiger partial charge < -0.3 is 20.9 Å². The van der Waals surface area contributed by atoms with E-state index in [1.54, 1.807) is 25.3 Å². The fraction of sp³-hybridized carbons (Fsp3) is 0.200. The van der Waals surface area contributed by atoms with Gasteiger partial charge in [-0.25, -0.2) is 0 Å². The van der Waals surface area contributed by atoms with Crippen LogP contribution in [0.25, 0.3) is 0 Å². The first-order valence-electron chi connectivity index (χ1n) is 6.06. The van der Waals surface area contributed by atoms with E-state index in [2.05, 4.69) is 5.32 Å². The lowest BCUT2D eigenvalue weighted by molar-refractivity contribution is 0.416. The summed E-state index contributed by atoms with van der Waals surface area (Å²) in [5, 5.41) is 13.0. The smallest absolute Gasteiger partial charge is 0.141 e. The average molecular weight is 258 g/mol. The first-order chi connectivity index (χ1) is 9.10. The molecule has 4 nitrogen and oxygen atoms in total. The molecule has 0 saturated carbocycles. The highest BCUT2D eigenvalue weighted by Gasteiger charge is 2.05. The molecule has 0 aliphatic heterocycles. The number of hydrogen-bond donors (Lipinski definition) is 3. The van der Waals surface area contributed by atoms with Crippen LogP contribution in [-0.2, 0) is 6.54 Å². The summed E-state index contributed by atoms with van der Waals surface area (Å²) in [4.78, 5) is 0.